The Morgan fingerprint density at radius 1 is 1.07 bits per heavy atom. The summed E-state index contributed by atoms with van der Waals surface area (Å²) < 4.78 is 0. The average Bonchev–Trinajstić information content (AvgIpc) is 1.94. The number of hydrogen-bond donors (Lipinski definition) is 1. The van der Waals surface area contributed by atoms with Crippen LogP contribution in [0.5, 0.6) is 0 Å². The molecule has 0 fully saturated rings. The Hall–Kier alpha value is -1.05. The Morgan fingerprint density at radius 3 is 1.87 bits per heavy atom. The molecule has 0 aliphatic carbocycles. The van der Waals surface area contributed by atoms with E-state index >= 15 is 0 Å². The Balaban J connectivity index is 4.32. The van der Waals surface area contributed by atoms with Crippen LogP contribution in [0.3, 0.4) is 0 Å². The minimum atomic E-state index is -0.190. The molecule has 15 heavy (non-hydrogen) atoms. The quantitative estimate of drug-likeness (QED) is 0.549. The van der Waals surface area contributed by atoms with Gasteiger partial charge in [-0.3, -0.25) is 4.79 Å². The SMILES string of the molecule is C=C(/C=C/C(=O)NC(C)(C)C)C(C)(C)C. The minimum Gasteiger partial charge on any atom is -0.348 e. The number of hydrogen-bond acceptors (Lipinski definition) is 1. The molecule has 0 aliphatic rings. The molecule has 0 aromatic rings. The lowest BCUT2D eigenvalue weighted by Crippen LogP contribution is -2.39. The summed E-state index contributed by atoms with van der Waals surface area (Å²) in [5, 5.41) is 2.86. The predicted molar refractivity (Wildman–Crippen MR) is 65.6 cm³/mol. The number of carbonyl (C=O) groups is 1. The van der Waals surface area contributed by atoms with Gasteiger partial charge in [0.15, 0.2) is 0 Å². The van der Waals surface area contributed by atoms with E-state index in [0.29, 0.717) is 0 Å². The van der Waals surface area contributed by atoms with Gasteiger partial charge in [0.05, 0.1) is 0 Å². The summed E-state index contributed by atoms with van der Waals surface area (Å²) >= 11 is 0. The molecule has 1 amide bonds. The molecule has 0 aromatic carbocycles. The van der Waals surface area contributed by atoms with Crippen LogP contribution in [0.1, 0.15) is 41.5 Å². The van der Waals surface area contributed by atoms with E-state index in [1.165, 1.54) is 0 Å². The number of amides is 1. The molecule has 0 unspecified atom stereocenters. The fourth-order valence-electron chi connectivity index (χ4n) is 0.838. The molecular weight excluding hydrogens is 186 g/mol. The van der Waals surface area contributed by atoms with E-state index in [0.717, 1.165) is 5.57 Å². The van der Waals surface area contributed by atoms with E-state index in [4.69, 9.17) is 0 Å². The Bertz CT molecular complexity index is 274. The third-order valence-corrected chi connectivity index (χ3v) is 1.90. The lowest BCUT2D eigenvalue weighted by Gasteiger charge is -2.20. The number of carbonyl (C=O) groups excluding carboxylic acids is 1. The van der Waals surface area contributed by atoms with Crippen LogP contribution in [0.4, 0.5) is 0 Å². The molecule has 0 bridgehead atoms. The highest BCUT2D eigenvalue weighted by atomic mass is 16.1. The molecule has 0 saturated carbocycles. The number of rotatable bonds is 2. The van der Waals surface area contributed by atoms with Gasteiger partial charge in [0.2, 0.25) is 5.91 Å². The van der Waals surface area contributed by atoms with Crippen LogP contribution in [-0.4, -0.2) is 11.4 Å². The molecule has 1 N–H and O–H groups in total. The maximum absolute atomic E-state index is 11.5. The topological polar surface area (TPSA) is 29.1 Å². The van der Waals surface area contributed by atoms with E-state index in [-0.39, 0.29) is 16.9 Å². The summed E-state index contributed by atoms with van der Waals surface area (Å²) in [7, 11) is 0. The van der Waals surface area contributed by atoms with Crippen LogP contribution >= 0.6 is 0 Å². The summed E-state index contributed by atoms with van der Waals surface area (Å²) in [6.07, 6.45) is 3.32. The summed E-state index contributed by atoms with van der Waals surface area (Å²) in [5.74, 6) is -0.0760. The molecule has 0 radical (unpaired) electrons. The second-order valence-corrected chi connectivity index (χ2v) is 5.85. The Kier molecular flexibility index (Phi) is 4.32. The number of allylic oxidation sites excluding steroid dienone is 2. The fraction of sp³-hybridized carbons (Fsp3) is 0.615. The maximum Gasteiger partial charge on any atom is 0.244 e. The highest BCUT2D eigenvalue weighted by Gasteiger charge is 2.14. The van der Waals surface area contributed by atoms with Crippen molar-refractivity contribution in [2.75, 3.05) is 0 Å². The van der Waals surface area contributed by atoms with Gasteiger partial charge in [-0.05, 0) is 31.8 Å². The molecule has 2 nitrogen and oxygen atoms in total. The second kappa shape index (κ2) is 4.65. The average molecular weight is 209 g/mol. The maximum atomic E-state index is 11.5. The van der Waals surface area contributed by atoms with E-state index in [1.807, 2.05) is 20.8 Å². The van der Waals surface area contributed by atoms with Gasteiger partial charge in [-0.1, -0.05) is 33.4 Å². The molecule has 0 aromatic heterocycles. The van der Waals surface area contributed by atoms with Crippen LogP contribution in [0.25, 0.3) is 0 Å². The Labute approximate surface area is 93.5 Å². The van der Waals surface area contributed by atoms with Gasteiger partial charge >= 0.3 is 0 Å². The molecule has 0 rings (SSSR count). The second-order valence-electron chi connectivity index (χ2n) is 5.85. The highest BCUT2D eigenvalue weighted by Crippen LogP contribution is 2.24. The largest absolute Gasteiger partial charge is 0.348 e. The third-order valence-electron chi connectivity index (χ3n) is 1.90. The van der Waals surface area contributed by atoms with Crippen molar-refractivity contribution in [3.63, 3.8) is 0 Å². The lowest BCUT2D eigenvalue weighted by molar-refractivity contribution is -0.117. The van der Waals surface area contributed by atoms with Crippen molar-refractivity contribution in [1.82, 2.24) is 5.32 Å². The number of nitrogens with one attached hydrogen (secondary N) is 1. The van der Waals surface area contributed by atoms with Gasteiger partial charge in [0.25, 0.3) is 0 Å². The third kappa shape index (κ3) is 6.95. The molecule has 86 valence electrons. The molecule has 0 aliphatic heterocycles. The van der Waals surface area contributed by atoms with Crippen molar-refractivity contribution >= 4 is 5.91 Å². The van der Waals surface area contributed by atoms with Crippen LogP contribution in [-0.2, 0) is 4.79 Å². The van der Waals surface area contributed by atoms with Gasteiger partial charge in [-0.15, -0.1) is 0 Å². The van der Waals surface area contributed by atoms with Gasteiger partial charge < -0.3 is 5.32 Å². The smallest absolute Gasteiger partial charge is 0.244 e. The molecule has 0 heterocycles. The van der Waals surface area contributed by atoms with E-state index < -0.39 is 0 Å². The van der Waals surface area contributed by atoms with Crippen molar-refractivity contribution in [3.05, 3.63) is 24.3 Å². The van der Waals surface area contributed by atoms with Crippen LogP contribution < -0.4 is 5.32 Å². The van der Waals surface area contributed by atoms with E-state index in [9.17, 15) is 4.79 Å². The molecule has 0 spiro atoms. The summed E-state index contributed by atoms with van der Waals surface area (Å²) in [4.78, 5) is 11.5. The molecule has 0 atom stereocenters. The summed E-state index contributed by atoms with van der Waals surface area (Å²) in [5.41, 5.74) is 0.773. The zero-order valence-electron chi connectivity index (χ0n) is 10.8. The van der Waals surface area contributed by atoms with Crippen LogP contribution in [0.2, 0.25) is 0 Å². The normalized spacial score (nSPS) is 12.9. The predicted octanol–water partition coefficient (Wildman–Crippen LogP) is 3.06. The van der Waals surface area contributed by atoms with Gasteiger partial charge in [-0.25, -0.2) is 0 Å². The van der Waals surface area contributed by atoms with E-state index in [1.54, 1.807) is 12.2 Å². The fourth-order valence-corrected chi connectivity index (χ4v) is 0.838. The van der Waals surface area contributed by atoms with Crippen LogP contribution in [0, 0.1) is 5.41 Å². The van der Waals surface area contributed by atoms with Crippen molar-refractivity contribution in [2.24, 2.45) is 5.41 Å². The van der Waals surface area contributed by atoms with Crippen molar-refractivity contribution in [1.29, 1.82) is 0 Å². The van der Waals surface area contributed by atoms with Crippen molar-refractivity contribution in [2.45, 2.75) is 47.1 Å². The first-order valence-electron chi connectivity index (χ1n) is 5.22. The van der Waals surface area contributed by atoms with Crippen molar-refractivity contribution < 1.29 is 4.79 Å². The monoisotopic (exact) mass is 209 g/mol. The van der Waals surface area contributed by atoms with Gasteiger partial charge in [0.1, 0.15) is 0 Å². The minimum absolute atomic E-state index is 0.0124. The summed E-state index contributed by atoms with van der Waals surface area (Å²) in [6, 6.07) is 0. The van der Waals surface area contributed by atoms with Crippen molar-refractivity contribution in [3.8, 4) is 0 Å². The zero-order chi connectivity index (χ0) is 12.3. The zero-order valence-corrected chi connectivity index (χ0v) is 10.8. The van der Waals surface area contributed by atoms with Crippen LogP contribution in [0.15, 0.2) is 24.3 Å². The van der Waals surface area contributed by atoms with E-state index in [2.05, 4.69) is 32.7 Å². The first kappa shape index (κ1) is 13.9. The standard InChI is InChI=1S/C13H23NO/c1-10(12(2,3)4)8-9-11(15)14-13(5,6)7/h8-9H,1H2,2-7H3,(H,14,15)/b9-8+. The first-order valence-corrected chi connectivity index (χ1v) is 5.22. The van der Waals surface area contributed by atoms with Gasteiger partial charge in [0, 0.05) is 11.6 Å². The molecule has 2 heteroatoms. The lowest BCUT2D eigenvalue weighted by atomic mass is 9.87. The van der Waals surface area contributed by atoms with Gasteiger partial charge in [-0.2, -0.15) is 0 Å². The molecule has 0 saturated heterocycles. The highest BCUT2D eigenvalue weighted by molar-refractivity contribution is 5.88. The Morgan fingerprint density at radius 2 is 1.53 bits per heavy atom. The molecular formula is C13H23NO. The summed E-state index contributed by atoms with van der Waals surface area (Å²) in [6.45, 7) is 16.0. The first-order chi connectivity index (χ1) is 6.52.